The van der Waals surface area contributed by atoms with Crippen LogP contribution in [-0.2, 0) is 23.5 Å². The zero-order chi connectivity index (χ0) is 23.8. The molecule has 0 aromatic carbocycles. The van der Waals surface area contributed by atoms with Gasteiger partial charge in [-0.3, -0.25) is 14.5 Å². The van der Waals surface area contributed by atoms with Crippen molar-refractivity contribution < 1.29 is 28.3 Å². The summed E-state index contributed by atoms with van der Waals surface area (Å²) in [4.78, 5) is 41.2. The second-order valence-electron chi connectivity index (χ2n) is 9.98. The zero-order valence-electron chi connectivity index (χ0n) is 19.8. The van der Waals surface area contributed by atoms with Crippen LogP contribution in [0.25, 0.3) is 0 Å². The Labute approximate surface area is 195 Å². The Kier molecular flexibility index (Phi) is 7.16. The summed E-state index contributed by atoms with van der Waals surface area (Å²) >= 11 is 1.52. The maximum absolute atomic E-state index is 13.0. The first-order valence-corrected chi connectivity index (χ1v) is 14.7. The van der Waals surface area contributed by atoms with Gasteiger partial charge in [0.15, 0.2) is 8.32 Å². The summed E-state index contributed by atoms with van der Waals surface area (Å²) < 4.78 is 16.7. The summed E-state index contributed by atoms with van der Waals surface area (Å²) in [5, 5.41) is -0.124. The number of rotatable bonds is 8. The zero-order valence-corrected chi connectivity index (χ0v) is 21.6. The Morgan fingerprint density at radius 3 is 2.56 bits per heavy atom. The van der Waals surface area contributed by atoms with E-state index in [4.69, 9.17) is 13.9 Å². The van der Waals surface area contributed by atoms with E-state index in [0.717, 1.165) is 11.3 Å². The molecule has 2 fully saturated rings. The maximum atomic E-state index is 13.0. The fourth-order valence-electron chi connectivity index (χ4n) is 3.67. The highest BCUT2D eigenvalue weighted by molar-refractivity contribution is 8.04. The quantitative estimate of drug-likeness (QED) is 0.223. The van der Waals surface area contributed by atoms with Crippen molar-refractivity contribution in [2.24, 2.45) is 5.92 Å². The molecule has 32 heavy (non-hydrogen) atoms. The third-order valence-electron chi connectivity index (χ3n) is 6.86. The second kappa shape index (κ2) is 9.22. The van der Waals surface area contributed by atoms with E-state index in [-0.39, 0.29) is 46.7 Å². The van der Waals surface area contributed by atoms with Crippen LogP contribution >= 0.6 is 11.8 Å². The molecule has 10 heteroatoms. The summed E-state index contributed by atoms with van der Waals surface area (Å²) in [6.45, 7) is 14.7. The SMILES string of the molecule is C=CCOC(=O)OC1=C(C[C@H]2CCC(=O)N2C)S[C@@H]2[C@@H](CO[Si](C)(C)C(C)(C)C)C(=O)N12. The smallest absolute Gasteiger partial charge is 0.430 e. The number of β-lactam (4-membered cyclic amide) rings is 1. The van der Waals surface area contributed by atoms with Crippen molar-refractivity contribution in [2.75, 3.05) is 20.3 Å². The van der Waals surface area contributed by atoms with Gasteiger partial charge in [0, 0.05) is 32.5 Å². The number of carbonyl (C=O) groups excluding carboxylic acids is 3. The van der Waals surface area contributed by atoms with Gasteiger partial charge in [0.1, 0.15) is 12.0 Å². The van der Waals surface area contributed by atoms with Gasteiger partial charge in [-0.25, -0.2) is 4.79 Å². The van der Waals surface area contributed by atoms with Crippen LogP contribution in [-0.4, -0.2) is 67.8 Å². The molecular weight excluding hydrogens is 448 g/mol. The third kappa shape index (κ3) is 4.77. The molecule has 0 saturated carbocycles. The monoisotopic (exact) mass is 482 g/mol. The van der Waals surface area contributed by atoms with Gasteiger partial charge < -0.3 is 18.8 Å². The van der Waals surface area contributed by atoms with E-state index < -0.39 is 14.5 Å². The van der Waals surface area contributed by atoms with Crippen molar-refractivity contribution in [3.8, 4) is 0 Å². The average Bonchev–Trinajstić information content (AvgIpc) is 3.17. The Balaban J connectivity index is 1.74. The van der Waals surface area contributed by atoms with Crippen LogP contribution in [0.3, 0.4) is 0 Å². The van der Waals surface area contributed by atoms with E-state index >= 15 is 0 Å². The number of nitrogens with zero attached hydrogens (tertiary/aromatic N) is 2. The topological polar surface area (TPSA) is 85.4 Å². The molecule has 2 saturated heterocycles. The van der Waals surface area contributed by atoms with Crippen molar-refractivity contribution in [1.29, 1.82) is 0 Å². The average molecular weight is 483 g/mol. The molecule has 3 heterocycles. The molecular formula is C22H34N2O6SSi. The van der Waals surface area contributed by atoms with Crippen molar-refractivity contribution in [3.63, 3.8) is 0 Å². The van der Waals surface area contributed by atoms with E-state index in [2.05, 4.69) is 40.4 Å². The van der Waals surface area contributed by atoms with Crippen molar-refractivity contribution in [3.05, 3.63) is 23.4 Å². The minimum absolute atomic E-state index is 0.0172. The highest BCUT2D eigenvalue weighted by atomic mass is 32.2. The fraction of sp³-hybridized carbons (Fsp3) is 0.682. The Morgan fingerprint density at radius 2 is 2.00 bits per heavy atom. The van der Waals surface area contributed by atoms with Crippen molar-refractivity contribution >= 4 is 38.0 Å². The number of hydrogen-bond donors (Lipinski definition) is 0. The molecule has 0 bridgehead atoms. The molecule has 3 atom stereocenters. The highest BCUT2D eigenvalue weighted by Crippen LogP contribution is 2.52. The molecule has 3 aliphatic heterocycles. The first-order valence-electron chi connectivity index (χ1n) is 11.0. The minimum Gasteiger partial charge on any atom is -0.430 e. The van der Waals surface area contributed by atoms with Crippen LogP contribution in [0.15, 0.2) is 23.4 Å². The van der Waals surface area contributed by atoms with Crippen LogP contribution in [0, 0.1) is 5.92 Å². The van der Waals surface area contributed by atoms with Gasteiger partial charge in [0.25, 0.3) is 0 Å². The van der Waals surface area contributed by atoms with E-state index in [0.29, 0.717) is 19.4 Å². The number of carbonyl (C=O) groups is 3. The summed E-state index contributed by atoms with van der Waals surface area (Å²) in [6.07, 6.45) is 2.36. The first-order chi connectivity index (χ1) is 14.9. The lowest BCUT2D eigenvalue weighted by molar-refractivity contribution is -0.151. The largest absolute Gasteiger partial charge is 0.515 e. The second-order valence-corrected chi connectivity index (χ2v) is 16.0. The summed E-state index contributed by atoms with van der Waals surface area (Å²) in [5.74, 6) is -0.0715. The molecule has 0 unspecified atom stereocenters. The van der Waals surface area contributed by atoms with E-state index in [1.54, 1.807) is 11.9 Å². The van der Waals surface area contributed by atoms with Crippen LogP contribution in [0.4, 0.5) is 4.79 Å². The van der Waals surface area contributed by atoms with Crippen LogP contribution < -0.4 is 0 Å². The van der Waals surface area contributed by atoms with Gasteiger partial charge in [0.2, 0.25) is 17.7 Å². The minimum atomic E-state index is -2.00. The lowest BCUT2D eigenvalue weighted by Gasteiger charge is -2.44. The van der Waals surface area contributed by atoms with Crippen LogP contribution in [0.1, 0.15) is 40.0 Å². The molecule has 8 nitrogen and oxygen atoms in total. The number of amides is 2. The normalized spacial score (nSPS) is 25.8. The molecule has 2 amide bonds. The Morgan fingerprint density at radius 1 is 1.31 bits per heavy atom. The molecule has 178 valence electrons. The standard InChI is InChI=1S/C22H34N2O6SSi/c1-8-11-28-21(27)30-19-16(12-14-9-10-17(25)23(14)5)31-20-15(18(26)24(19)20)13-29-32(6,7)22(2,3)4/h8,14-15,20H,1,9-13H2,2-7H3/t14-,15+,20-/m1/s1. The van der Waals surface area contributed by atoms with Gasteiger partial charge in [0.05, 0.1) is 10.8 Å². The van der Waals surface area contributed by atoms with E-state index in [1.807, 2.05) is 0 Å². The predicted octanol–water partition coefficient (Wildman–Crippen LogP) is 4.06. The summed E-state index contributed by atoms with van der Waals surface area (Å²) in [5.41, 5.74) is 0. The van der Waals surface area contributed by atoms with Crippen LogP contribution in [0.2, 0.25) is 18.1 Å². The molecule has 0 radical (unpaired) electrons. The number of hydrogen-bond acceptors (Lipinski definition) is 7. The highest BCUT2D eigenvalue weighted by Gasteiger charge is 2.57. The molecule has 0 aromatic rings. The third-order valence-corrected chi connectivity index (χ3v) is 12.8. The van der Waals surface area contributed by atoms with E-state index in [1.165, 1.54) is 22.7 Å². The predicted molar refractivity (Wildman–Crippen MR) is 125 cm³/mol. The fourth-order valence-corrected chi connectivity index (χ4v) is 6.18. The first kappa shape index (κ1) is 24.9. The van der Waals surface area contributed by atoms with E-state index in [9.17, 15) is 14.4 Å². The molecule has 0 aliphatic carbocycles. The molecule has 3 aliphatic rings. The van der Waals surface area contributed by atoms with Gasteiger partial charge >= 0.3 is 6.16 Å². The molecule has 0 aromatic heterocycles. The number of ether oxygens (including phenoxy) is 2. The lowest BCUT2D eigenvalue weighted by Crippen LogP contribution is -2.59. The molecule has 3 rings (SSSR count). The summed E-state index contributed by atoms with van der Waals surface area (Å²) in [7, 11) is -0.211. The van der Waals surface area contributed by atoms with Gasteiger partial charge in [-0.2, -0.15) is 0 Å². The number of thioether (sulfide) groups is 1. The van der Waals surface area contributed by atoms with Crippen LogP contribution in [0.5, 0.6) is 0 Å². The maximum Gasteiger partial charge on any atom is 0.515 e. The van der Waals surface area contributed by atoms with Gasteiger partial charge in [-0.1, -0.05) is 45.2 Å². The number of likely N-dealkylation sites (tertiary alicyclic amines) is 1. The van der Waals surface area contributed by atoms with Crippen molar-refractivity contribution in [2.45, 2.75) is 69.6 Å². The summed E-state index contributed by atoms with van der Waals surface area (Å²) in [6, 6.07) is 0.0172. The Bertz CT molecular complexity index is 837. The van der Waals surface area contributed by atoms with Gasteiger partial charge in [-0.05, 0) is 24.6 Å². The van der Waals surface area contributed by atoms with Crippen molar-refractivity contribution in [1.82, 2.24) is 9.80 Å². The molecule has 0 N–H and O–H groups in total. The van der Waals surface area contributed by atoms with Gasteiger partial charge in [-0.15, -0.1) is 0 Å². The molecule has 0 spiro atoms. The number of fused-ring (bicyclic) bond motifs is 1. The lowest BCUT2D eigenvalue weighted by atomic mass is 10.00. The Hall–Kier alpha value is -1.78.